The van der Waals surface area contributed by atoms with Crippen LogP contribution in [0.3, 0.4) is 0 Å². The van der Waals surface area contributed by atoms with Crippen molar-refractivity contribution in [1.82, 2.24) is 10.2 Å². The number of rotatable bonds is 5. The summed E-state index contributed by atoms with van der Waals surface area (Å²) in [6.07, 6.45) is 2.62. The Kier molecular flexibility index (Phi) is 5.26. The lowest BCUT2D eigenvalue weighted by Crippen LogP contribution is -2.47. The molecule has 0 aromatic rings. The minimum atomic E-state index is 0.0832. The highest BCUT2D eigenvalue weighted by Gasteiger charge is 2.22. The third kappa shape index (κ3) is 4.12. The molecule has 0 aromatic carbocycles. The molecule has 0 bridgehead atoms. The van der Waals surface area contributed by atoms with Crippen molar-refractivity contribution in [3.05, 3.63) is 0 Å². The lowest BCUT2D eigenvalue weighted by Gasteiger charge is -2.28. The molecule has 1 aliphatic heterocycles. The van der Waals surface area contributed by atoms with Crippen LogP contribution in [-0.2, 0) is 4.79 Å². The van der Waals surface area contributed by atoms with Crippen molar-refractivity contribution in [3.63, 3.8) is 0 Å². The summed E-state index contributed by atoms with van der Waals surface area (Å²) in [6, 6.07) is 0.299. The van der Waals surface area contributed by atoms with Gasteiger partial charge in [0.1, 0.15) is 0 Å². The second-order valence-electron chi connectivity index (χ2n) is 5.52. The van der Waals surface area contributed by atoms with Crippen LogP contribution in [0.5, 0.6) is 0 Å². The molecule has 1 saturated heterocycles. The number of nitrogens with zero attached hydrogens (tertiary/aromatic N) is 1. The van der Waals surface area contributed by atoms with Crippen LogP contribution < -0.4 is 5.32 Å². The second kappa shape index (κ2) is 6.24. The highest BCUT2D eigenvalue weighted by molar-refractivity contribution is 5.78. The van der Waals surface area contributed by atoms with Gasteiger partial charge in [-0.1, -0.05) is 27.7 Å². The third-order valence-electron chi connectivity index (χ3n) is 3.31. The third-order valence-corrected chi connectivity index (χ3v) is 3.31. The molecule has 1 aliphatic rings. The first kappa shape index (κ1) is 13.5. The van der Waals surface area contributed by atoms with Gasteiger partial charge < -0.3 is 10.2 Å². The standard InChI is InChI=1S/C13H26N2O/c1-10(2)12(14-13(16)11(3)4)9-15-7-5-6-8-15/h10-12H,5-9H2,1-4H3,(H,14,16). The van der Waals surface area contributed by atoms with Gasteiger partial charge >= 0.3 is 0 Å². The highest BCUT2D eigenvalue weighted by atomic mass is 16.1. The Morgan fingerprint density at radius 2 is 1.75 bits per heavy atom. The predicted molar refractivity (Wildman–Crippen MR) is 67.3 cm³/mol. The normalized spacial score (nSPS) is 19.4. The molecule has 1 unspecified atom stereocenters. The molecule has 0 radical (unpaired) electrons. The van der Waals surface area contributed by atoms with E-state index in [1.165, 1.54) is 25.9 Å². The Hall–Kier alpha value is -0.570. The van der Waals surface area contributed by atoms with Crippen LogP contribution in [0.25, 0.3) is 0 Å². The molecule has 3 heteroatoms. The van der Waals surface area contributed by atoms with Crippen LogP contribution in [0.4, 0.5) is 0 Å². The van der Waals surface area contributed by atoms with Gasteiger partial charge in [-0.15, -0.1) is 0 Å². The fraction of sp³-hybridized carbons (Fsp3) is 0.923. The number of nitrogens with one attached hydrogen (secondary N) is 1. The summed E-state index contributed by atoms with van der Waals surface area (Å²) in [5.74, 6) is 0.765. The molecule has 1 N–H and O–H groups in total. The van der Waals surface area contributed by atoms with Gasteiger partial charge in [0.25, 0.3) is 0 Å². The monoisotopic (exact) mass is 226 g/mol. The minimum absolute atomic E-state index is 0.0832. The molecule has 0 spiro atoms. The number of amides is 1. The van der Waals surface area contributed by atoms with E-state index in [2.05, 4.69) is 24.1 Å². The molecule has 1 fully saturated rings. The summed E-state index contributed by atoms with van der Waals surface area (Å²) in [7, 11) is 0. The summed E-state index contributed by atoms with van der Waals surface area (Å²) >= 11 is 0. The van der Waals surface area contributed by atoms with E-state index in [9.17, 15) is 4.79 Å². The highest BCUT2D eigenvalue weighted by Crippen LogP contribution is 2.11. The lowest BCUT2D eigenvalue weighted by atomic mass is 10.0. The zero-order valence-electron chi connectivity index (χ0n) is 11.1. The molecule has 16 heavy (non-hydrogen) atoms. The summed E-state index contributed by atoms with van der Waals surface area (Å²) in [5.41, 5.74) is 0. The number of likely N-dealkylation sites (tertiary alicyclic amines) is 1. The predicted octanol–water partition coefficient (Wildman–Crippen LogP) is 1.88. The van der Waals surface area contributed by atoms with E-state index in [-0.39, 0.29) is 11.8 Å². The van der Waals surface area contributed by atoms with Gasteiger partial charge in [-0.25, -0.2) is 0 Å². The Labute approximate surface area is 99.6 Å². The van der Waals surface area contributed by atoms with Gasteiger partial charge in [-0.3, -0.25) is 4.79 Å². The van der Waals surface area contributed by atoms with Gasteiger partial charge in [-0.05, 0) is 31.8 Å². The van der Waals surface area contributed by atoms with Crippen molar-refractivity contribution in [2.24, 2.45) is 11.8 Å². The average molecular weight is 226 g/mol. The molecule has 1 rings (SSSR count). The van der Waals surface area contributed by atoms with Gasteiger partial charge in [0.05, 0.1) is 0 Å². The Bertz CT molecular complexity index is 220. The smallest absolute Gasteiger partial charge is 0.222 e. The molecular weight excluding hydrogens is 200 g/mol. The van der Waals surface area contributed by atoms with Gasteiger partial charge in [0.2, 0.25) is 5.91 Å². The summed E-state index contributed by atoms with van der Waals surface area (Å²) in [5, 5.41) is 3.16. The summed E-state index contributed by atoms with van der Waals surface area (Å²) in [6.45, 7) is 11.7. The van der Waals surface area contributed by atoms with Crippen molar-refractivity contribution < 1.29 is 4.79 Å². The van der Waals surface area contributed by atoms with Crippen LogP contribution in [-0.4, -0.2) is 36.5 Å². The molecule has 0 aromatic heterocycles. The van der Waals surface area contributed by atoms with Crippen molar-refractivity contribution in [1.29, 1.82) is 0 Å². The van der Waals surface area contributed by atoms with Gasteiger partial charge in [0, 0.05) is 18.5 Å². The van der Waals surface area contributed by atoms with Crippen molar-refractivity contribution in [2.45, 2.75) is 46.6 Å². The van der Waals surface area contributed by atoms with Gasteiger partial charge in [0.15, 0.2) is 0 Å². The number of carbonyl (C=O) groups is 1. The van der Waals surface area contributed by atoms with E-state index in [4.69, 9.17) is 0 Å². The lowest BCUT2D eigenvalue weighted by molar-refractivity contribution is -0.125. The second-order valence-corrected chi connectivity index (χ2v) is 5.52. The molecule has 1 amide bonds. The van der Waals surface area contributed by atoms with E-state index < -0.39 is 0 Å². The van der Waals surface area contributed by atoms with Crippen LogP contribution in [0.15, 0.2) is 0 Å². The largest absolute Gasteiger partial charge is 0.352 e. The molecule has 3 nitrogen and oxygen atoms in total. The van der Waals surface area contributed by atoms with Crippen LogP contribution in [0.1, 0.15) is 40.5 Å². The topological polar surface area (TPSA) is 32.3 Å². The Morgan fingerprint density at radius 3 is 2.19 bits per heavy atom. The maximum atomic E-state index is 11.7. The first-order valence-electron chi connectivity index (χ1n) is 6.53. The van der Waals surface area contributed by atoms with E-state index in [1.54, 1.807) is 0 Å². The first-order chi connectivity index (χ1) is 7.50. The van der Waals surface area contributed by atoms with E-state index in [0.717, 1.165) is 6.54 Å². The van der Waals surface area contributed by atoms with Crippen LogP contribution in [0.2, 0.25) is 0 Å². The molecule has 94 valence electrons. The SMILES string of the molecule is CC(C)C(=O)NC(CN1CCCC1)C(C)C. The average Bonchev–Trinajstić information content (AvgIpc) is 2.68. The van der Waals surface area contributed by atoms with Gasteiger partial charge in [-0.2, -0.15) is 0 Å². The van der Waals surface area contributed by atoms with Crippen LogP contribution >= 0.6 is 0 Å². The molecule has 1 heterocycles. The minimum Gasteiger partial charge on any atom is -0.352 e. The molecule has 1 atom stereocenters. The Balaban J connectivity index is 2.43. The molecule has 0 saturated carbocycles. The number of hydrogen-bond acceptors (Lipinski definition) is 2. The molecular formula is C13H26N2O. The maximum absolute atomic E-state index is 11.7. The zero-order valence-corrected chi connectivity index (χ0v) is 11.1. The van der Waals surface area contributed by atoms with E-state index >= 15 is 0 Å². The van der Waals surface area contributed by atoms with Crippen molar-refractivity contribution in [2.75, 3.05) is 19.6 Å². The number of hydrogen-bond donors (Lipinski definition) is 1. The van der Waals surface area contributed by atoms with Crippen molar-refractivity contribution in [3.8, 4) is 0 Å². The van der Waals surface area contributed by atoms with Crippen LogP contribution in [0, 0.1) is 11.8 Å². The Morgan fingerprint density at radius 1 is 1.19 bits per heavy atom. The zero-order chi connectivity index (χ0) is 12.1. The fourth-order valence-electron chi connectivity index (χ4n) is 2.02. The van der Waals surface area contributed by atoms with E-state index in [1.807, 2.05) is 13.8 Å². The van der Waals surface area contributed by atoms with E-state index in [0.29, 0.717) is 12.0 Å². The maximum Gasteiger partial charge on any atom is 0.222 e. The first-order valence-corrected chi connectivity index (χ1v) is 6.53. The summed E-state index contributed by atoms with van der Waals surface area (Å²) < 4.78 is 0. The quantitative estimate of drug-likeness (QED) is 0.776. The molecule has 0 aliphatic carbocycles. The summed E-state index contributed by atoms with van der Waals surface area (Å²) in [4.78, 5) is 14.2. The van der Waals surface area contributed by atoms with Crippen molar-refractivity contribution >= 4 is 5.91 Å². The fourth-order valence-corrected chi connectivity index (χ4v) is 2.02. The number of carbonyl (C=O) groups excluding carboxylic acids is 1.